The van der Waals surface area contributed by atoms with Gasteiger partial charge < -0.3 is 52.1 Å². The molecule has 0 saturated carbocycles. The fourth-order valence-corrected chi connectivity index (χ4v) is 8.49. The topological polar surface area (TPSA) is 153 Å². The first kappa shape index (κ1) is 48.4. The molecule has 6 aromatic rings. The van der Waals surface area contributed by atoms with Crippen LogP contribution in [0.2, 0.25) is 0 Å². The number of rotatable bonds is 18. The van der Waals surface area contributed by atoms with Crippen LogP contribution in [0.15, 0.2) is 182 Å². The van der Waals surface area contributed by atoms with Gasteiger partial charge >= 0.3 is 17.9 Å². The molecule has 0 N–H and O–H groups in total. The summed E-state index contributed by atoms with van der Waals surface area (Å²) in [6.07, 6.45) is -12.4. The van der Waals surface area contributed by atoms with E-state index >= 15 is 0 Å². The highest BCUT2D eigenvalue weighted by molar-refractivity contribution is 6.29. The predicted molar refractivity (Wildman–Crippen MR) is 251 cm³/mol. The summed E-state index contributed by atoms with van der Waals surface area (Å²) in [6.45, 7) is -0.0783. The van der Waals surface area contributed by atoms with Crippen molar-refractivity contribution in [2.24, 2.45) is 0 Å². The van der Waals surface area contributed by atoms with E-state index in [2.05, 4.69) is 0 Å². The molecule has 3 saturated heterocycles. The Labute approximate surface area is 406 Å². The lowest BCUT2D eigenvalue weighted by atomic mass is 9.95. The summed E-state index contributed by atoms with van der Waals surface area (Å²) < 4.78 is 71.9. The largest absolute Gasteiger partial charge is 0.454 e. The normalized spacial score (nSPS) is 25.6. The lowest BCUT2D eigenvalue weighted by molar-refractivity contribution is -0.369. The van der Waals surface area contributed by atoms with Crippen molar-refractivity contribution in [3.63, 3.8) is 0 Å². The first-order valence-electron chi connectivity index (χ1n) is 23.3. The van der Waals surface area contributed by atoms with Gasteiger partial charge in [0.25, 0.3) is 0 Å². The van der Waals surface area contributed by atoms with E-state index < -0.39 is 85.9 Å². The van der Waals surface area contributed by atoms with Crippen molar-refractivity contribution in [2.75, 3.05) is 13.2 Å². The minimum Gasteiger partial charge on any atom is -0.454 e. The van der Waals surface area contributed by atoms with Crippen LogP contribution in [0.3, 0.4) is 0 Å². The number of fused-ring (bicyclic) bond motifs is 3. The molecule has 6 aromatic carbocycles. The Balaban J connectivity index is 1.12. The standard InChI is InChI=1S/C56H54O14/c57-52(43-29-17-6-18-30-43)69-51-49-47(44(36-60-31-38-19-7-1-8-20-38)66-55(51)65-35-42-27-15-5-16-28-42)70-56-50(63-34-41-25-13-4-14-26-41)48(62-33-40-23-11-3-12-24-40)46(61-32-39-21-9-2-10-22-39)45(67-56)37-64-53(58)54(59)68-49/h1-30,44-51,55-56H,31-37H2/t44-,45-,46-,47-,48+,49+,50+,51-,55+,56-/m1/s1. The van der Waals surface area contributed by atoms with Crippen molar-refractivity contribution < 1.29 is 66.5 Å². The third-order valence-electron chi connectivity index (χ3n) is 12.0. The molecule has 70 heavy (non-hydrogen) atoms. The van der Waals surface area contributed by atoms with Crippen LogP contribution in [0.25, 0.3) is 0 Å². The van der Waals surface area contributed by atoms with Gasteiger partial charge in [-0.05, 0) is 39.9 Å². The lowest BCUT2D eigenvalue weighted by Gasteiger charge is -2.49. The van der Waals surface area contributed by atoms with E-state index in [0.717, 1.165) is 27.8 Å². The zero-order valence-electron chi connectivity index (χ0n) is 38.3. The molecule has 0 aliphatic carbocycles. The minimum absolute atomic E-state index is 0.00430. The zero-order valence-corrected chi connectivity index (χ0v) is 38.3. The summed E-state index contributed by atoms with van der Waals surface area (Å²) in [7, 11) is 0. The van der Waals surface area contributed by atoms with Gasteiger partial charge in [-0.1, -0.05) is 170 Å². The van der Waals surface area contributed by atoms with E-state index in [0.29, 0.717) is 0 Å². The maximum Gasteiger partial charge on any atom is 0.417 e. The van der Waals surface area contributed by atoms with Gasteiger partial charge in [0.1, 0.15) is 43.2 Å². The summed E-state index contributed by atoms with van der Waals surface area (Å²) in [6, 6.07) is 55.9. The quantitative estimate of drug-likeness (QED) is 0.0470. The van der Waals surface area contributed by atoms with E-state index in [9.17, 15) is 14.4 Å². The Hall–Kier alpha value is -6.59. The van der Waals surface area contributed by atoms with Crippen LogP contribution in [0.4, 0.5) is 0 Å². The number of hydrogen-bond donors (Lipinski definition) is 0. The Kier molecular flexibility index (Phi) is 16.8. The average Bonchev–Trinajstić information content (AvgIpc) is 3.43. The monoisotopic (exact) mass is 950 g/mol. The summed E-state index contributed by atoms with van der Waals surface area (Å²) in [5, 5.41) is 0. The molecule has 14 nitrogen and oxygen atoms in total. The molecule has 0 unspecified atom stereocenters. The maximum absolute atomic E-state index is 14.1. The fourth-order valence-electron chi connectivity index (χ4n) is 8.49. The molecule has 10 atom stereocenters. The minimum atomic E-state index is -1.58. The second-order valence-corrected chi connectivity index (χ2v) is 17.0. The highest BCUT2D eigenvalue weighted by Gasteiger charge is 2.57. The van der Waals surface area contributed by atoms with Crippen molar-refractivity contribution in [3.8, 4) is 0 Å². The third-order valence-corrected chi connectivity index (χ3v) is 12.0. The number of carbonyl (C=O) groups excluding carboxylic acids is 3. The average molecular weight is 951 g/mol. The Morgan fingerprint density at radius 1 is 0.457 bits per heavy atom. The Morgan fingerprint density at radius 2 is 0.914 bits per heavy atom. The number of esters is 3. The second-order valence-electron chi connectivity index (χ2n) is 17.0. The number of hydrogen-bond acceptors (Lipinski definition) is 14. The molecular weight excluding hydrogens is 897 g/mol. The van der Waals surface area contributed by atoms with Crippen LogP contribution in [0, 0.1) is 0 Å². The SMILES string of the molecule is O=C1OC[C@H]2O[C@H](O[C@H]3[C@H](OC1=O)[C@@H](OC(=O)c1ccccc1)[C@@H](OCc1ccccc1)O[C@@H]3COCc1ccccc1)[C@@H](OCc1ccccc1)[C@@H](OCc1ccccc1)[C@@H]2OCc1ccccc1. The molecule has 3 aliphatic heterocycles. The van der Waals surface area contributed by atoms with Gasteiger partial charge in [0, 0.05) is 0 Å². The highest BCUT2D eigenvalue weighted by atomic mass is 16.8. The molecule has 3 fully saturated rings. The van der Waals surface area contributed by atoms with E-state index in [1.807, 2.05) is 152 Å². The van der Waals surface area contributed by atoms with Crippen LogP contribution < -0.4 is 0 Å². The van der Waals surface area contributed by atoms with Crippen molar-refractivity contribution >= 4 is 17.9 Å². The Bertz CT molecular complexity index is 2540. The lowest BCUT2D eigenvalue weighted by Crippen LogP contribution is -2.66. The molecule has 362 valence electrons. The molecule has 0 spiro atoms. The molecule has 2 bridgehead atoms. The van der Waals surface area contributed by atoms with Crippen molar-refractivity contribution in [3.05, 3.63) is 215 Å². The first-order chi connectivity index (χ1) is 34.4. The number of carbonyl (C=O) groups is 3. The highest BCUT2D eigenvalue weighted by Crippen LogP contribution is 2.37. The van der Waals surface area contributed by atoms with E-state index in [4.69, 9.17) is 52.1 Å². The van der Waals surface area contributed by atoms with Gasteiger partial charge in [0.15, 0.2) is 24.8 Å². The summed E-state index contributed by atoms with van der Waals surface area (Å²) in [4.78, 5) is 42.0. The van der Waals surface area contributed by atoms with E-state index in [1.165, 1.54) is 0 Å². The van der Waals surface area contributed by atoms with Crippen LogP contribution in [-0.4, -0.2) is 92.5 Å². The van der Waals surface area contributed by atoms with Gasteiger partial charge in [-0.3, -0.25) is 0 Å². The van der Waals surface area contributed by atoms with Crippen LogP contribution in [-0.2, 0) is 94.7 Å². The van der Waals surface area contributed by atoms with Crippen LogP contribution in [0.5, 0.6) is 0 Å². The van der Waals surface area contributed by atoms with Gasteiger partial charge in [0.2, 0.25) is 0 Å². The van der Waals surface area contributed by atoms with Crippen molar-refractivity contribution in [1.82, 2.24) is 0 Å². The zero-order chi connectivity index (χ0) is 47.9. The summed E-state index contributed by atoms with van der Waals surface area (Å²) in [5.41, 5.74) is 4.45. The van der Waals surface area contributed by atoms with Gasteiger partial charge in [-0.15, -0.1) is 0 Å². The van der Waals surface area contributed by atoms with Crippen molar-refractivity contribution in [2.45, 2.75) is 94.4 Å². The molecule has 9 rings (SSSR count). The van der Waals surface area contributed by atoms with Gasteiger partial charge in [-0.2, -0.15) is 0 Å². The maximum atomic E-state index is 14.1. The molecule has 0 radical (unpaired) electrons. The smallest absolute Gasteiger partial charge is 0.417 e. The molecule has 0 aromatic heterocycles. The van der Waals surface area contributed by atoms with Crippen LogP contribution >= 0.6 is 0 Å². The summed E-state index contributed by atoms with van der Waals surface area (Å²) >= 11 is 0. The van der Waals surface area contributed by atoms with Crippen molar-refractivity contribution in [1.29, 1.82) is 0 Å². The molecule has 3 heterocycles. The molecule has 0 amide bonds. The molecule has 3 aliphatic rings. The first-order valence-corrected chi connectivity index (χ1v) is 23.3. The van der Waals surface area contributed by atoms with Gasteiger partial charge in [0.05, 0.1) is 45.2 Å². The number of cyclic esters (lactones) is 1. The van der Waals surface area contributed by atoms with Crippen LogP contribution in [0.1, 0.15) is 38.2 Å². The van der Waals surface area contributed by atoms with E-state index in [-0.39, 0.29) is 45.2 Å². The molecular formula is C56H54O14. The number of ether oxygens (including phenoxy) is 11. The summed E-state index contributed by atoms with van der Waals surface area (Å²) in [5.74, 6) is -3.48. The second kappa shape index (κ2) is 24.3. The fraction of sp³-hybridized carbons (Fsp3) is 0.304. The molecule has 14 heteroatoms. The third kappa shape index (κ3) is 12.8. The number of benzene rings is 6. The Morgan fingerprint density at radius 3 is 1.44 bits per heavy atom. The van der Waals surface area contributed by atoms with E-state index in [1.54, 1.807) is 30.3 Å². The van der Waals surface area contributed by atoms with Gasteiger partial charge in [-0.25, -0.2) is 14.4 Å². The predicted octanol–water partition coefficient (Wildman–Crippen LogP) is 7.71.